The highest BCUT2D eigenvalue weighted by Crippen LogP contribution is 2.34. The van der Waals surface area contributed by atoms with Gasteiger partial charge < -0.3 is 11.5 Å². The number of nitrogen functional groups attached to an aromatic ring is 2. The molecule has 0 aliphatic rings. The Bertz CT molecular complexity index is 539. The third-order valence-electron chi connectivity index (χ3n) is 2.68. The monoisotopic (exact) mass is 215 g/mol. The lowest BCUT2D eigenvalue weighted by Gasteiger charge is -2.21. The van der Waals surface area contributed by atoms with Gasteiger partial charge in [-0.1, -0.05) is 39.0 Å². The van der Waals surface area contributed by atoms with Crippen molar-refractivity contribution >= 4 is 22.3 Å². The van der Waals surface area contributed by atoms with Gasteiger partial charge in [0.15, 0.2) is 0 Å². The molecule has 0 spiro atoms. The molecule has 1 aromatic heterocycles. The molecule has 1 aromatic carbocycles. The van der Waals surface area contributed by atoms with Crippen molar-refractivity contribution in [1.82, 2.24) is 4.98 Å². The first kappa shape index (κ1) is 10.7. The molecule has 16 heavy (non-hydrogen) atoms. The average molecular weight is 215 g/mol. The van der Waals surface area contributed by atoms with E-state index in [1.165, 1.54) is 0 Å². The molecular formula is C13H17N3. The maximum atomic E-state index is 6.05. The molecular weight excluding hydrogens is 198 g/mol. The summed E-state index contributed by atoms with van der Waals surface area (Å²) in [6, 6.07) is 7.80. The molecule has 2 aromatic rings. The number of pyridine rings is 1. The predicted octanol–water partition coefficient (Wildman–Crippen LogP) is 2.70. The number of fused-ring (bicyclic) bond motifs is 1. The van der Waals surface area contributed by atoms with Crippen molar-refractivity contribution in [3.05, 3.63) is 30.0 Å². The maximum Gasteiger partial charge on any atom is 0.0779 e. The molecule has 0 bridgehead atoms. The molecule has 0 aliphatic carbocycles. The highest BCUT2D eigenvalue weighted by Gasteiger charge is 2.21. The van der Waals surface area contributed by atoms with Crippen LogP contribution >= 0.6 is 0 Å². The van der Waals surface area contributed by atoms with Gasteiger partial charge in [-0.15, -0.1) is 0 Å². The lowest BCUT2D eigenvalue weighted by Crippen LogP contribution is -2.17. The average Bonchev–Trinajstić information content (AvgIpc) is 2.22. The van der Waals surface area contributed by atoms with Gasteiger partial charge in [-0.3, -0.25) is 0 Å². The lowest BCUT2D eigenvalue weighted by atomic mass is 9.89. The van der Waals surface area contributed by atoms with Crippen molar-refractivity contribution in [2.45, 2.75) is 26.2 Å². The van der Waals surface area contributed by atoms with Crippen LogP contribution in [0.1, 0.15) is 26.5 Å². The fraction of sp³-hybridized carbons (Fsp3) is 0.308. The van der Waals surface area contributed by atoms with Crippen LogP contribution in [0, 0.1) is 0 Å². The summed E-state index contributed by atoms with van der Waals surface area (Å²) >= 11 is 0. The summed E-state index contributed by atoms with van der Waals surface area (Å²) in [7, 11) is 0. The molecule has 3 nitrogen and oxygen atoms in total. The van der Waals surface area contributed by atoms with Crippen LogP contribution in [0.15, 0.2) is 24.3 Å². The summed E-state index contributed by atoms with van der Waals surface area (Å²) in [4.78, 5) is 4.60. The Labute approximate surface area is 95.5 Å². The van der Waals surface area contributed by atoms with E-state index in [2.05, 4.69) is 25.8 Å². The number of aromatic nitrogens is 1. The van der Waals surface area contributed by atoms with Crippen molar-refractivity contribution in [2.75, 3.05) is 11.5 Å². The van der Waals surface area contributed by atoms with E-state index in [0.717, 1.165) is 16.6 Å². The van der Waals surface area contributed by atoms with Crippen LogP contribution in [0.25, 0.3) is 10.9 Å². The van der Waals surface area contributed by atoms with Crippen LogP contribution in [0.4, 0.5) is 11.4 Å². The van der Waals surface area contributed by atoms with Gasteiger partial charge >= 0.3 is 0 Å². The van der Waals surface area contributed by atoms with Crippen LogP contribution in [-0.2, 0) is 5.41 Å². The number of para-hydroxylation sites is 1. The van der Waals surface area contributed by atoms with Crippen molar-refractivity contribution < 1.29 is 0 Å². The Kier molecular flexibility index (Phi) is 2.26. The highest BCUT2D eigenvalue weighted by molar-refractivity contribution is 5.96. The van der Waals surface area contributed by atoms with Gasteiger partial charge in [-0.25, -0.2) is 4.98 Å². The smallest absolute Gasteiger partial charge is 0.0779 e. The van der Waals surface area contributed by atoms with E-state index in [9.17, 15) is 0 Å². The predicted molar refractivity (Wildman–Crippen MR) is 69.3 cm³/mol. The van der Waals surface area contributed by atoms with Gasteiger partial charge in [0.25, 0.3) is 0 Å². The van der Waals surface area contributed by atoms with Crippen molar-refractivity contribution in [2.24, 2.45) is 0 Å². The summed E-state index contributed by atoms with van der Waals surface area (Å²) in [5.74, 6) is 0. The van der Waals surface area contributed by atoms with Crippen LogP contribution in [-0.4, -0.2) is 4.98 Å². The van der Waals surface area contributed by atoms with Crippen LogP contribution in [0.3, 0.4) is 0 Å². The molecule has 3 heteroatoms. The molecule has 0 amide bonds. The second-order valence-corrected chi connectivity index (χ2v) is 5.05. The molecule has 1 heterocycles. The Hall–Kier alpha value is -1.77. The SMILES string of the molecule is CC(C)(C)c1nc2ccccc2c(N)c1N. The third kappa shape index (κ3) is 1.58. The van der Waals surface area contributed by atoms with E-state index < -0.39 is 0 Å². The molecule has 84 valence electrons. The van der Waals surface area contributed by atoms with Crippen LogP contribution in [0.5, 0.6) is 0 Å². The Morgan fingerprint density at radius 3 is 2.25 bits per heavy atom. The number of benzene rings is 1. The highest BCUT2D eigenvalue weighted by atomic mass is 14.8. The number of anilines is 2. The van der Waals surface area contributed by atoms with Gasteiger partial charge in [0, 0.05) is 10.8 Å². The standard InChI is InChI=1S/C13H17N3/c1-13(2,3)12-11(15)10(14)8-6-4-5-7-9(8)16-12/h4-7H,15H2,1-3H3,(H2,14,16). The number of hydrogen-bond donors (Lipinski definition) is 2. The summed E-state index contributed by atoms with van der Waals surface area (Å²) in [6.07, 6.45) is 0. The molecule has 0 fully saturated rings. The number of hydrogen-bond acceptors (Lipinski definition) is 3. The minimum absolute atomic E-state index is 0.0950. The first-order chi connectivity index (χ1) is 7.41. The summed E-state index contributed by atoms with van der Waals surface area (Å²) in [6.45, 7) is 6.25. The van der Waals surface area contributed by atoms with E-state index in [1.54, 1.807) is 0 Å². The largest absolute Gasteiger partial charge is 0.396 e. The van der Waals surface area contributed by atoms with Crippen molar-refractivity contribution in [3.63, 3.8) is 0 Å². The summed E-state index contributed by atoms with van der Waals surface area (Å²) in [5, 5.41) is 0.924. The van der Waals surface area contributed by atoms with E-state index >= 15 is 0 Å². The van der Waals surface area contributed by atoms with E-state index in [1.807, 2.05) is 24.3 Å². The minimum Gasteiger partial charge on any atom is -0.396 e. The summed E-state index contributed by atoms with van der Waals surface area (Å²) in [5.41, 5.74) is 15.0. The van der Waals surface area contributed by atoms with Gasteiger partial charge in [-0.05, 0) is 6.07 Å². The molecule has 0 atom stereocenters. The van der Waals surface area contributed by atoms with E-state index in [-0.39, 0.29) is 5.41 Å². The Morgan fingerprint density at radius 1 is 1.00 bits per heavy atom. The Morgan fingerprint density at radius 2 is 1.62 bits per heavy atom. The van der Waals surface area contributed by atoms with Gasteiger partial charge in [0.2, 0.25) is 0 Å². The second-order valence-electron chi connectivity index (χ2n) is 5.05. The van der Waals surface area contributed by atoms with Crippen molar-refractivity contribution in [3.8, 4) is 0 Å². The first-order valence-corrected chi connectivity index (χ1v) is 5.35. The quantitative estimate of drug-likeness (QED) is 0.710. The summed E-state index contributed by atoms with van der Waals surface area (Å²) < 4.78 is 0. The maximum absolute atomic E-state index is 6.05. The van der Waals surface area contributed by atoms with Crippen molar-refractivity contribution in [1.29, 1.82) is 0 Å². The first-order valence-electron chi connectivity index (χ1n) is 5.35. The lowest BCUT2D eigenvalue weighted by molar-refractivity contribution is 0.574. The third-order valence-corrected chi connectivity index (χ3v) is 2.68. The molecule has 0 aliphatic heterocycles. The normalized spacial score (nSPS) is 11.9. The minimum atomic E-state index is -0.0950. The molecule has 0 saturated carbocycles. The van der Waals surface area contributed by atoms with Crippen LogP contribution in [0.2, 0.25) is 0 Å². The molecule has 4 N–H and O–H groups in total. The van der Waals surface area contributed by atoms with Crippen LogP contribution < -0.4 is 11.5 Å². The zero-order chi connectivity index (χ0) is 11.9. The van der Waals surface area contributed by atoms with Gasteiger partial charge in [0.1, 0.15) is 0 Å². The molecule has 0 radical (unpaired) electrons. The topological polar surface area (TPSA) is 64.9 Å². The van der Waals surface area contributed by atoms with E-state index in [4.69, 9.17) is 11.5 Å². The number of nitrogens with two attached hydrogens (primary N) is 2. The Balaban J connectivity index is 2.84. The fourth-order valence-corrected chi connectivity index (χ4v) is 1.82. The molecule has 0 saturated heterocycles. The number of nitrogens with zero attached hydrogens (tertiary/aromatic N) is 1. The van der Waals surface area contributed by atoms with Gasteiger partial charge in [-0.2, -0.15) is 0 Å². The molecule has 2 rings (SSSR count). The zero-order valence-corrected chi connectivity index (χ0v) is 9.91. The van der Waals surface area contributed by atoms with E-state index in [0.29, 0.717) is 11.4 Å². The fourth-order valence-electron chi connectivity index (χ4n) is 1.82. The number of rotatable bonds is 0. The second kappa shape index (κ2) is 3.37. The van der Waals surface area contributed by atoms with Gasteiger partial charge in [0.05, 0.1) is 22.6 Å². The molecule has 0 unspecified atom stereocenters. The zero-order valence-electron chi connectivity index (χ0n) is 9.91.